The first-order valence-electron chi connectivity index (χ1n) is 6.48. The van der Waals surface area contributed by atoms with E-state index in [-0.39, 0.29) is 10.9 Å². The third kappa shape index (κ3) is 3.52. The van der Waals surface area contributed by atoms with Gasteiger partial charge in [-0.2, -0.15) is 0 Å². The Kier molecular flexibility index (Phi) is 4.54. The van der Waals surface area contributed by atoms with E-state index >= 15 is 0 Å². The minimum absolute atomic E-state index is 0.0165. The lowest BCUT2D eigenvalue weighted by Gasteiger charge is -2.13. The second-order valence-electron chi connectivity index (χ2n) is 4.89. The van der Waals surface area contributed by atoms with Crippen molar-refractivity contribution in [3.63, 3.8) is 0 Å². The monoisotopic (exact) mass is 286 g/mol. The summed E-state index contributed by atoms with van der Waals surface area (Å²) in [5, 5.41) is 2.82. The van der Waals surface area contributed by atoms with Crippen LogP contribution in [0.3, 0.4) is 0 Å². The van der Waals surface area contributed by atoms with Crippen LogP contribution in [0.5, 0.6) is 0 Å². The molecule has 1 aliphatic carbocycles. The minimum Gasteiger partial charge on any atom is -0.316 e. The lowest BCUT2D eigenvalue weighted by molar-refractivity contribution is 0.551. The van der Waals surface area contributed by atoms with Crippen LogP contribution < -0.4 is 10.0 Å². The normalized spacial score (nSPS) is 16.9. The molecule has 0 atom stereocenters. The minimum atomic E-state index is -3.55. The Labute approximate surface area is 113 Å². The first-order chi connectivity index (χ1) is 9.03. The third-order valence-corrected chi connectivity index (χ3v) is 4.89. The summed E-state index contributed by atoms with van der Waals surface area (Å²) < 4.78 is 40.6. The Hall–Kier alpha value is -0.980. The van der Waals surface area contributed by atoms with E-state index in [4.69, 9.17) is 0 Å². The molecule has 1 aliphatic rings. The quantitative estimate of drug-likeness (QED) is 0.867. The maximum atomic E-state index is 13.5. The van der Waals surface area contributed by atoms with E-state index < -0.39 is 15.8 Å². The summed E-state index contributed by atoms with van der Waals surface area (Å²) in [6.07, 6.45) is 3.87. The molecule has 2 rings (SSSR count). The number of hydrogen-bond donors (Lipinski definition) is 2. The maximum Gasteiger partial charge on any atom is 0.240 e. The highest BCUT2D eigenvalue weighted by atomic mass is 32.2. The van der Waals surface area contributed by atoms with Crippen molar-refractivity contribution in [3.05, 3.63) is 29.6 Å². The Balaban J connectivity index is 2.21. The predicted molar refractivity (Wildman–Crippen MR) is 71.7 cm³/mol. The molecule has 0 saturated heterocycles. The molecule has 0 spiro atoms. The summed E-state index contributed by atoms with van der Waals surface area (Å²) in [5.41, 5.74) is 0.358. The van der Waals surface area contributed by atoms with Crippen LogP contribution in [0.25, 0.3) is 0 Å². The topological polar surface area (TPSA) is 58.2 Å². The van der Waals surface area contributed by atoms with Crippen molar-refractivity contribution in [2.24, 2.45) is 0 Å². The fourth-order valence-electron chi connectivity index (χ4n) is 2.38. The highest BCUT2D eigenvalue weighted by molar-refractivity contribution is 7.89. The van der Waals surface area contributed by atoms with Gasteiger partial charge in [-0.1, -0.05) is 12.8 Å². The van der Waals surface area contributed by atoms with Crippen molar-refractivity contribution in [2.75, 3.05) is 7.05 Å². The molecular weight excluding hydrogens is 267 g/mol. The van der Waals surface area contributed by atoms with E-state index in [2.05, 4.69) is 10.0 Å². The van der Waals surface area contributed by atoms with Crippen LogP contribution in [-0.4, -0.2) is 21.5 Å². The number of hydrogen-bond acceptors (Lipinski definition) is 3. The summed E-state index contributed by atoms with van der Waals surface area (Å²) in [6.45, 7) is 0.304. The lowest BCUT2D eigenvalue weighted by atomic mass is 10.2. The molecule has 0 heterocycles. The van der Waals surface area contributed by atoms with Crippen molar-refractivity contribution in [2.45, 2.75) is 43.2 Å². The summed E-state index contributed by atoms with van der Waals surface area (Å²) in [7, 11) is -1.85. The van der Waals surface area contributed by atoms with Crippen LogP contribution >= 0.6 is 0 Å². The van der Waals surface area contributed by atoms with Gasteiger partial charge in [-0.15, -0.1) is 0 Å². The molecule has 0 bridgehead atoms. The van der Waals surface area contributed by atoms with Gasteiger partial charge in [-0.25, -0.2) is 17.5 Å². The smallest absolute Gasteiger partial charge is 0.240 e. The molecule has 0 aliphatic heterocycles. The lowest BCUT2D eigenvalue weighted by Crippen LogP contribution is -2.32. The largest absolute Gasteiger partial charge is 0.316 e. The van der Waals surface area contributed by atoms with Gasteiger partial charge >= 0.3 is 0 Å². The van der Waals surface area contributed by atoms with Crippen molar-refractivity contribution in [1.29, 1.82) is 0 Å². The highest BCUT2D eigenvalue weighted by Gasteiger charge is 2.23. The second-order valence-corrected chi connectivity index (χ2v) is 6.60. The molecule has 19 heavy (non-hydrogen) atoms. The average Bonchev–Trinajstić information content (AvgIpc) is 2.84. The molecule has 6 heteroatoms. The van der Waals surface area contributed by atoms with Gasteiger partial charge in [-0.05, 0) is 38.1 Å². The molecule has 0 unspecified atom stereocenters. The maximum absolute atomic E-state index is 13.5. The zero-order valence-electron chi connectivity index (χ0n) is 10.9. The van der Waals surface area contributed by atoms with Crippen LogP contribution in [0.4, 0.5) is 4.39 Å². The second kappa shape index (κ2) is 5.98. The van der Waals surface area contributed by atoms with Crippen molar-refractivity contribution in [1.82, 2.24) is 10.0 Å². The summed E-state index contributed by atoms with van der Waals surface area (Å²) in [5.74, 6) is -0.394. The molecule has 2 N–H and O–H groups in total. The molecule has 1 aromatic carbocycles. The fraction of sp³-hybridized carbons (Fsp3) is 0.538. The average molecular weight is 286 g/mol. The van der Waals surface area contributed by atoms with Gasteiger partial charge in [0.25, 0.3) is 0 Å². The molecule has 1 saturated carbocycles. The molecular formula is C13H19FN2O2S. The van der Waals surface area contributed by atoms with Gasteiger partial charge in [0, 0.05) is 18.2 Å². The third-order valence-electron chi connectivity index (χ3n) is 3.37. The van der Waals surface area contributed by atoms with Gasteiger partial charge in [-0.3, -0.25) is 0 Å². The van der Waals surface area contributed by atoms with E-state index in [1.165, 1.54) is 18.2 Å². The Bertz CT molecular complexity index is 540. The van der Waals surface area contributed by atoms with E-state index in [0.29, 0.717) is 12.1 Å². The summed E-state index contributed by atoms with van der Waals surface area (Å²) >= 11 is 0. The van der Waals surface area contributed by atoms with Gasteiger partial charge in [0.05, 0.1) is 4.90 Å². The number of benzene rings is 1. The van der Waals surface area contributed by atoms with Crippen molar-refractivity contribution < 1.29 is 12.8 Å². The van der Waals surface area contributed by atoms with E-state index in [9.17, 15) is 12.8 Å². The van der Waals surface area contributed by atoms with Crippen LogP contribution in [-0.2, 0) is 16.6 Å². The van der Waals surface area contributed by atoms with Crippen LogP contribution in [0.1, 0.15) is 31.2 Å². The Morgan fingerprint density at radius 2 is 2.00 bits per heavy atom. The van der Waals surface area contributed by atoms with E-state index in [0.717, 1.165) is 25.7 Å². The van der Waals surface area contributed by atoms with Gasteiger partial charge in [0.15, 0.2) is 0 Å². The Morgan fingerprint density at radius 3 is 2.63 bits per heavy atom. The Morgan fingerprint density at radius 1 is 1.32 bits per heavy atom. The molecule has 1 fully saturated rings. The molecule has 106 valence electrons. The molecule has 4 nitrogen and oxygen atoms in total. The standard InChI is InChI=1S/C13H19FN2O2S/c1-15-9-10-8-12(6-7-13(10)14)19(17,18)16-11-4-2-3-5-11/h6-8,11,15-16H,2-5,9H2,1H3. The first-order valence-corrected chi connectivity index (χ1v) is 7.96. The van der Waals surface area contributed by atoms with E-state index in [1.54, 1.807) is 7.05 Å². The van der Waals surface area contributed by atoms with Crippen LogP contribution in [0.15, 0.2) is 23.1 Å². The number of nitrogens with one attached hydrogen (secondary N) is 2. The SMILES string of the molecule is CNCc1cc(S(=O)(=O)NC2CCCC2)ccc1F. The van der Waals surface area contributed by atoms with E-state index in [1.807, 2.05) is 0 Å². The molecule has 0 radical (unpaired) electrons. The highest BCUT2D eigenvalue weighted by Crippen LogP contribution is 2.21. The molecule has 1 aromatic rings. The first kappa shape index (κ1) is 14.4. The number of sulfonamides is 1. The van der Waals surface area contributed by atoms with Crippen molar-refractivity contribution in [3.8, 4) is 0 Å². The molecule has 0 amide bonds. The zero-order valence-corrected chi connectivity index (χ0v) is 11.8. The van der Waals surface area contributed by atoms with Crippen LogP contribution in [0.2, 0.25) is 0 Å². The number of halogens is 1. The summed E-state index contributed by atoms with van der Waals surface area (Å²) in [4.78, 5) is 0.131. The zero-order chi connectivity index (χ0) is 13.9. The van der Waals surface area contributed by atoms with Crippen molar-refractivity contribution >= 4 is 10.0 Å². The molecule has 0 aromatic heterocycles. The van der Waals surface area contributed by atoms with Gasteiger partial charge < -0.3 is 5.32 Å². The predicted octanol–water partition coefficient (Wildman–Crippen LogP) is 1.77. The fourth-order valence-corrected chi connectivity index (χ4v) is 3.73. The van der Waals surface area contributed by atoms with Gasteiger partial charge in [0.1, 0.15) is 5.82 Å². The van der Waals surface area contributed by atoms with Gasteiger partial charge in [0.2, 0.25) is 10.0 Å². The van der Waals surface area contributed by atoms with Crippen LogP contribution in [0, 0.1) is 5.82 Å². The number of rotatable bonds is 5. The summed E-state index contributed by atoms with van der Waals surface area (Å²) in [6, 6.07) is 3.92.